The van der Waals surface area contributed by atoms with Gasteiger partial charge in [-0.15, -0.1) is 10.2 Å². The number of ether oxygens (including phenoxy) is 1. The summed E-state index contributed by atoms with van der Waals surface area (Å²) in [5, 5.41) is 15.4. The van der Waals surface area contributed by atoms with Crippen LogP contribution in [0.1, 0.15) is 26.7 Å². The molecule has 1 aromatic heterocycles. The fourth-order valence-corrected chi connectivity index (χ4v) is 4.28. The molecule has 0 bridgehead atoms. The van der Waals surface area contributed by atoms with Crippen LogP contribution in [0.5, 0.6) is 5.75 Å². The Bertz CT molecular complexity index is 934. The third-order valence-corrected chi connectivity index (χ3v) is 6.25. The van der Waals surface area contributed by atoms with Gasteiger partial charge in [-0.25, -0.2) is 0 Å². The summed E-state index contributed by atoms with van der Waals surface area (Å²) in [7, 11) is 1.54. The maximum atomic E-state index is 12.2. The number of rotatable bonds is 8. The lowest BCUT2D eigenvalue weighted by Crippen LogP contribution is -2.42. The molecule has 10 heteroatoms. The van der Waals surface area contributed by atoms with Gasteiger partial charge in [-0.05, 0) is 57.0 Å². The minimum atomic E-state index is -0.163. The minimum absolute atomic E-state index is 0.0514. The molecular formula is C22H28ClN5O3S. The molecule has 0 atom stereocenters. The average Bonchev–Trinajstić information content (AvgIpc) is 2.78. The van der Waals surface area contributed by atoms with Gasteiger partial charge in [0.1, 0.15) is 10.8 Å². The molecule has 2 N–H and O–H groups in total. The van der Waals surface area contributed by atoms with Crippen molar-refractivity contribution in [3.05, 3.63) is 35.4 Å². The van der Waals surface area contributed by atoms with Gasteiger partial charge in [0.15, 0.2) is 5.82 Å². The highest BCUT2D eigenvalue weighted by Gasteiger charge is 2.26. The van der Waals surface area contributed by atoms with Crippen molar-refractivity contribution in [3.8, 4) is 5.75 Å². The van der Waals surface area contributed by atoms with Crippen LogP contribution in [0.3, 0.4) is 0 Å². The van der Waals surface area contributed by atoms with Gasteiger partial charge in [-0.2, -0.15) is 0 Å². The summed E-state index contributed by atoms with van der Waals surface area (Å²) in [4.78, 5) is 26.5. The summed E-state index contributed by atoms with van der Waals surface area (Å²) in [6.07, 6.45) is 1.60. The first-order valence-corrected chi connectivity index (χ1v) is 11.9. The maximum absolute atomic E-state index is 12.2. The van der Waals surface area contributed by atoms with Crippen molar-refractivity contribution < 1.29 is 14.3 Å². The zero-order chi connectivity index (χ0) is 23.1. The third-order valence-electron chi connectivity index (χ3n) is 5.03. The second-order valence-corrected chi connectivity index (χ2v) is 9.24. The number of carbonyl (C=O) groups excluding carboxylic acids is 2. The maximum Gasteiger partial charge on any atom is 0.234 e. The lowest BCUT2D eigenvalue weighted by atomic mass is 9.95. The second kappa shape index (κ2) is 11.4. The number of thioether (sulfide) groups is 1. The molecule has 172 valence electrons. The van der Waals surface area contributed by atoms with E-state index in [0.29, 0.717) is 21.5 Å². The Labute approximate surface area is 197 Å². The predicted octanol–water partition coefficient (Wildman–Crippen LogP) is 3.61. The Kier molecular flexibility index (Phi) is 8.58. The minimum Gasteiger partial charge on any atom is -0.495 e. The van der Waals surface area contributed by atoms with Crippen LogP contribution in [0, 0.1) is 5.92 Å². The summed E-state index contributed by atoms with van der Waals surface area (Å²) in [6, 6.07) is 9.01. The number of hydrogen-bond acceptors (Lipinski definition) is 7. The first kappa shape index (κ1) is 24.1. The van der Waals surface area contributed by atoms with E-state index in [1.807, 2.05) is 26.0 Å². The van der Waals surface area contributed by atoms with Crippen LogP contribution >= 0.6 is 23.4 Å². The fourth-order valence-electron chi connectivity index (χ4n) is 3.41. The van der Waals surface area contributed by atoms with Crippen molar-refractivity contribution in [2.45, 2.75) is 37.8 Å². The summed E-state index contributed by atoms with van der Waals surface area (Å²) in [5.74, 6) is 1.56. The number of hydrogen-bond donors (Lipinski definition) is 2. The number of methoxy groups -OCH3 is 1. The van der Waals surface area contributed by atoms with Crippen LogP contribution in [-0.2, 0) is 9.59 Å². The SMILES string of the molecule is COc1ccc(NC(=O)CSc2ccc(N3CCC(C(=O)NC(C)C)CC3)nn2)cc1Cl. The number of anilines is 2. The number of benzene rings is 1. The van der Waals surface area contributed by atoms with Crippen LogP contribution in [0.2, 0.25) is 5.02 Å². The van der Waals surface area contributed by atoms with Gasteiger partial charge in [0.25, 0.3) is 0 Å². The van der Waals surface area contributed by atoms with Gasteiger partial charge in [0.05, 0.1) is 17.9 Å². The van der Waals surface area contributed by atoms with Crippen molar-refractivity contribution in [2.24, 2.45) is 5.92 Å². The molecule has 1 fully saturated rings. The van der Waals surface area contributed by atoms with Crippen LogP contribution in [0.15, 0.2) is 35.4 Å². The summed E-state index contributed by atoms with van der Waals surface area (Å²) < 4.78 is 5.11. The highest BCUT2D eigenvalue weighted by atomic mass is 35.5. The van der Waals surface area contributed by atoms with E-state index in [1.165, 1.54) is 18.9 Å². The molecule has 1 aliphatic rings. The molecule has 1 saturated heterocycles. The average molecular weight is 478 g/mol. The first-order chi connectivity index (χ1) is 15.4. The quantitative estimate of drug-likeness (QED) is 0.560. The van der Waals surface area contributed by atoms with E-state index in [1.54, 1.807) is 18.2 Å². The van der Waals surface area contributed by atoms with E-state index >= 15 is 0 Å². The monoisotopic (exact) mass is 477 g/mol. The van der Waals surface area contributed by atoms with Gasteiger partial charge in [-0.3, -0.25) is 9.59 Å². The molecule has 0 unspecified atom stereocenters. The number of piperidine rings is 1. The van der Waals surface area contributed by atoms with Crippen molar-refractivity contribution in [3.63, 3.8) is 0 Å². The van der Waals surface area contributed by atoms with Crippen molar-refractivity contribution in [1.82, 2.24) is 15.5 Å². The Morgan fingerprint density at radius 3 is 2.56 bits per heavy atom. The summed E-state index contributed by atoms with van der Waals surface area (Å²) in [6.45, 7) is 5.48. The van der Waals surface area contributed by atoms with Crippen LogP contribution in [0.25, 0.3) is 0 Å². The van der Waals surface area contributed by atoms with E-state index in [2.05, 4.69) is 25.7 Å². The lowest BCUT2D eigenvalue weighted by Gasteiger charge is -2.32. The smallest absolute Gasteiger partial charge is 0.234 e. The van der Waals surface area contributed by atoms with Crippen LogP contribution in [-0.4, -0.2) is 54.0 Å². The normalized spacial score (nSPS) is 14.3. The highest BCUT2D eigenvalue weighted by molar-refractivity contribution is 7.99. The van der Waals surface area contributed by atoms with Crippen molar-refractivity contribution in [2.75, 3.05) is 36.2 Å². The first-order valence-electron chi connectivity index (χ1n) is 10.5. The fraction of sp³-hybridized carbons (Fsp3) is 0.455. The second-order valence-electron chi connectivity index (χ2n) is 7.84. The van der Waals surface area contributed by atoms with Gasteiger partial charge < -0.3 is 20.3 Å². The number of amides is 2. The molecule has 32 heavy (non-hydrogen) atoms. The van der Waals surface area contributed by atoms with Crippen molar-refractivity contribution >= 4 is 46.7 Å². The molecule has 0 spiro atoms. The zero-order valence-electron chi connectivity index (χ0n) is 18.4. The number of halogens is 1. The predicted molar refractivity (Wildman–Crippen MR) is 128 cm³/mol. The van der Waals surface area contributed by atoms with Gasteiger partial charge in [0, 0.05) is 30.7 Å². The molecule has 2 aromatic rings. The molecule has 2 heterocycles. The molecule has 0 radical (unpaired) electrons. The van der Waals surface area contributed by atoms with E-state index in [0.717, 1.165) is 31.7 Å². The Morgan fingerprint density at radius 2 is 1.97 bits per heavy atom. The Morgan fingerprint density at radius 1 is 1.22 bits per heavy atom. The lowest BCUT2D eigenvalue weighted by molar-refractivity contribution is -0.126. The number of nitrogens with zero attached hydrogens (tertiary/aromatic N) is 3. The van der Waals surface area contributed by atoms with Crippen molar-refractivity contribution in [1.29, 1.82) is 0 Å². The van der Waals surface area contributed by atoms with Crippen LogP contribution in [0.4, 0.5) is 11.5 Å². The number of aromatic nitrogens is 2. The van der Waals surface area contributed by atoms with E-state index < -0.39 is 0 Å². The van der Waals surface area contributed by atoms with Gasteiger partial charge in [0.2, 0.25) is 11.8 Å². The van der Waals surface area contributed by atoms with Gasteiger partial charge >= 0.3 is 0 Å². The zero-order valence-corrected chi connectivity index (χ0v) is 20.0. The standard InChI is InChI=1S/C22H28ClN5O3S/c1-14(2)24-22(30)15-8-10-28(11-9-15)19-6-7-21(27-26-19)32-13-20(29)25-16-4-5-18(31-3)17(23)12-16/h4-7,12,14-15H,8-11,13H2,1-3H3,(H,24,30)(H,25,29). The van der Waals surface area contributed by atoms with E-state index in [4.69, 9.17) is 16.3 Å². The highest BCUT2D eigenvalue weighted by Crippen LogP contribution is 2.27. The summed E-state index contributed by atoms with van der Waals surface area (Å²) >= 11 is 7.39. The molecule has 8 nitrogen and oxygen atoms in total. The van der Waals surface area contributed by atoms with E-state index in [9.17, 15) is 9.59 Å². The molecule has 2 amide bonds. The number of nitrogens with one attached hydrogen (secondary N) is 2. The van der Waals surface area contributed by atoms with Gasteiger partial charge in [-0.1, -0.05) is 23.4 Å². The van der Waals surface area contributed by atoms with E-state index in [-0.39, 0.29) is 29.5 Å². The molecule has 1 aromatic carbocycles. The molecule has 0 saturated carbocycles. The summed E-state index contributed by atoms with van der Waals surface area (Å²) in [5.41, 5.74) is 0.605. The number of carbonyl (C=O) groups is 2. The third kappa shape index (κ3) is 6.74. The largest absolute Gasteiger partial charge is 0.495 e. The Balaban J connectivity index is 1.45. The molecule has 0 aliphatic carbocycles. The van der Waals surface area contributed by atoms with Crippen LogP contribution < -0.4 is 20.3 Å². The molecule has 3 rings (SSSR count). The Hall–Kier alpha value is -2.52. The molecule has 1 aliphatic heterocycles. The topological polar surface area (TPSA) is 96.5 Å². The molecular weight excluding hydrogens is 450 g/mol.